The highest BCUT2D eigenvalue weighted by atomic mass is 19.4. The largest absolute Gasteiger partial charge is 0.416 e. The zero-order valence-corrected chi connectivity index (χ0v) is 18.6. The molecule has 6 nitrogen and oxygen atoms in total. The lowest BCUT2D eigenvalue weighted by Crippen LogP contribution is -2.38. The first kappa shape index (κ1) is 25.2. The van der Waals surface area contributed by atoms with Gasteiger partial charge in [-0.05, 0) is 55.9 Å². The number of guanidine groups is 1. The van der Waals surface area contributed by atoms with Crippen LogP contribution in [0.3, 0.4) is 0 Å². The molecule has 2 aromatic rings. The average molecular weight is 450 g/mol. The Balaban J connectivity index is 1.80. The van der Waals surface area contributed by atoms with E-state index in [0.29, 0.717) is 37.6 Å². The van der Waals surface area contributed by atoms with Crippen molar-refractivity contribution >= 4 is 11.9 Å². The molecule has 0 radical (unpaired) electrons. The number of rotatable bonds is 9. The summed E-state index contributed by atoms with van der Waals surface area (Å²) in [5.41, 5.74) is 1.67. The van der Waals surface area contributed by atoms with E-state index in [9.17, 15) is 18.0 Å². The summed E-state index contributed by atoms with van der Waals surface area (Å²) in [4.78, 5) is 18.4. The normalized spacial score (nSPS) is 12.0. The topological polar surface area (TPSA) is 68.8 Å². The highest BCUT2D eigenvalue weighted by Crippen LogP contribution is 2.29. The van der Waals surface area contributed by atoms with E-state index in [1.54, 1.807) is 13.1 Å². The van der Waals surface area contributed by atoms with E-state index in [-0.39, 0.29) is 5.91 Å². The van der Waals surface area contributed by atoms with Crippen LogP contribution in [0.1, 0.15) is 27.0 Å². The number of benzene rings is 2. The van der Waals surface area contributed by atoms with E-state index in [2.05, 4.69) is 20.9 Å². The second-order valence-corrected chi connectivity index (χ2v) is 7.56. The van der Waals surface area contributed by atoms with Gasteiger partial charge in [-0.25, -0.2) is 0 Å². The summed E-state index contributed by atoms with van der Waals surface area (Å²) >= 11 is 0. The van der Waals surface area contributed by atoms with Crippen LogP contribution in [0.4, 0.5) is 13.2 Å². The standard InChI is InChI=1S/C23H30F3N5O/c1-27-22(29-12-11-17-7-9-20(10-8-17)23(24,25)26)30-16-18-5-4-6-19(15-18)21(32)28-13-14-31(2)3/h4-10,15H,11-14,16H2,1-3H3,(H,28,32)(H2,27,29,30). The molecule has 0 spiro atoms. The lowest BCUT2D eigenvalue weighted by molar-refractivity contribution is -0.137. The number of aliphatic imine (C=N–C) groups is 1. The van der Waals surface area contributed by atoms with Crippen LogP contribution in [-0.2, 0) is 19.1 Å². The molecule has 0 aliphatic carbocycles. The molecule has 0 aromatic heterocycles. The van der Waals surface area contributed by atoms with Gasteiger partial charge in [0.1, 0.15) is 0 Å². The summed E-state index contributed by atoms with van der Waals surface area (Å²) in [6.07, 6.45) is -3.77. The first-order valence-corrected chi connectivity index (χ1v) is 10.3. The van der Waals surface area contributed by atoms with Crippen LogP contribution in [-0.4, -0.2) is 57.5 Å². The van der Waals surface area contributed by atoms with Gasteiger partial charge in [-0.15, -0.1) is 0 Å². The Hall–Kier alpha value is -3.07. The maximum Gasteiger partial charge on any atom is 0.416 e. The van der Waals surface area contributed by atoms with Crippen molar-refractivity contribution in [2.75, 3.05) is 40.8 Å². The van der Waals surface area contributed by atoms with Crippen LogP contribution in [0.2, 0.25) is 0 Å². The van der Waals surface area contributed by atoms with Gasteiger partial charge in [-0.2, -0.15) is 13.2 Å². The molecule has 3 N–H and O–H groups in total. The third-order valence-electron chi connectivity index (χ3n) is 4.70. The molecule has 9 heteroatoms. The van der Waals surface area contributed by atoms with E-state index < -0.39 is 11.7 Å². The lowest BCUT2D eigenvalue weighted by Gasteiger charge is -2.13. The first-order chi connectivity index (χ1) is 15.2. The molecular formula is C23H30F3N5O. The van der Waals surface area contributed by atoms with Crippen molar-refractivity contribution in [3.05, 3.63) is 70.8 Å². The van der Waals surface area contributed by atoms with Gasteiger partial charge in [0.25, 0.3) is 5.91 Å². The monoisotopic (exact) mass is 449 g/mol. The molecule has 1 amide bonds. The van der Waals surface area contributed by atoms with Crippen molar-refractivity contribution < 1.29 is 18.0 Å². The second kappa shape index (κ2) is 12.1. The summed E-state index contributed by atoms with van der Waals surface area (Å²) in [5, 5.41) is 9.21. The van der Waals surface area contributed by atoms with Gasteiger partial charge < -0.3 is 20.9 Å². The summed E-state index contributed by atoms with van der Waals surface area (Å²) in [5.74, 6) is 0.450. The highest BCUT2D eigenvalue weighted by molar-refractivity contribution is 5.94. The van der Waals surface area contributed by atoms with Crippen LogP contribution in [0.25, 0.3) is 0 Å². The fourth-order valence-electron chi connectivity index (χ4n) is 2.91. The Labute approximate surface area is 186 Å². The molecule has 0 aliphatic heterocycles. The van der Waals surface area contributed by atoms with Gasteiger partial charge in [-0.1, -0.05) is 24.3 Å². The number of nitrogens with one attached hydrogen (secondary N) is 3. The molecule has 2 rings (SSSR count). The predicted molar refractivity (Wildman–Crippen MR) is 121 cm³/mol. The number of nitrogens with zero attached hydrogens (tertiary/aromatic N) is 2. The molecule has 0 atom stereocenters. The summed E-state index contributed by atoms with van der Waals surface area (Å²) in [6, 6.07) is 12.5. The summed E-state index contributed by atoms with van der Waals surface area (Å²) in [7, 11) is 5.54. The molecule has 0 fully saturated rings. The van der Waals surface area contributed by atoms with E-state index in [0.717, 1.165) is 29.8 Å². The molecule has 0 aliphatic rings. The zero-order chi connectivity index (χ0) is 23.6. The quantitative estimate of drug-likeness (QED) is 0.407. The molecule has 0 unspecified atom stereocenters. The Morgan fingerprint density at radius 1 is 0.969 bits per heavy atom. The van der Waals surface area contributed by atoms with Crippen molar-refractivity contribution in [3.63, 3.8) is 0 Å². The van der Waals surface area contributed by atoms with Crippen LogP contribution < -0.4 is 16.0 Å². The highest BCUT2D eigenvalue weighted by Gasteiger charge is 2.29. The Kier molecular flexibility index (Phi) is 9.52. The first-order valence-electron chi connectivity index (χ1n) is 10.3. The molecule has 2 aromatic carbocycles. The SMILES string of the molecule is CN=C(NCCc1ccc(C(F)(F)F)cc1)NCc1cccc(C(=O)NCCN(C)C)c1. The Morgan fingerprint density at radius 2 is 1.69 bits per heavy atom. The second-order valence-electron chi connectivity index (χ2n) is 7.56. The number of amides is 1. The number of halogens is 3. The van der Waals surface area contributed by atoms with E-state index in [1.807, 2.05) is 37.2 Å². The van der Waals surface area contributed by atoms with Crippen LogP contribution in [0, 0.1) is 0 Å². The number of carbonyl (C=O) groups is 1. The van der Waals surface area contributed by atoms with Gasteiger partial charge in [0.05, 0.1) is 5.56 Å². The average Bonchev–Trinajstić information content (AvgIpc) is 2.75. The molecule has 0 saturated carbocycles. The van der Waals surface area contributed by atoms with E-state index in [1.165, 1.54) is 12.1 Å². The molecule has 32 heavy (non-hydrogen) atoms. The lowest BCUT2D eigenvalue weighted by atomic mass is 10.1. The molecular weight excluding hydrogens is 419 g/mol. The minimum absolute atomic E-state index is 0.118. The smallest absolute Gasteiger partial charge is 0.356 e. The zero-order valence-electron chi connectivity index (χ0n) is 18.6. The third-order valence-corrected chi connectivity index (χ3v) is 4.70. The van der Waals surface area contributed by atoms with Crippen molar-refractivity contribution in [3.8, 4) is 0 Å². The maximum absolute atomic E-state index is 12.6. The van der Waals surface area contributed by atoms with Crippen molar-refractivity contribution in [2.45, 2.75) is 19.1 Å². The van der Waals surface area contributed by atoms with Crippen LogP contribution >= 0.6 is 0 Å². The molecule has 0 heterocycles. The number of alkyl halides is 3. The Bertz CT molecular complexity index is 895. The van der Waals surface area contributed by atoms with Crippen LogP contribution in [0.15, 0.2) is 53.5 Å². The molecule has 0 saturated heterocycles. The van der Waals surface area contributed by atoms with Crippen LogP contribution in [0.5, 0.6) is 0 Å². The summed E-state index contributed by atoms with van der Waals surface area (Å²) in [6.45, 7) is 2.32. The van der Waals surface area contributed by atoms with E-state index in [4.69, 9.17) is 0 Å². The van der Waals surface area contributed by atoms with Gasteiger partial charge in [0.2, 0.25) is 0 Å². The minimum Gasteiger partial charge on any atom is -0.356 e. The van der Waals surface area contributed by atoms with Gasteiger partial charge in [-0.3, -0.25) is 9.79 Å². The molecule has 174 valence electrons. The van der Waals surface area contributed by atoms with Gasteiger partial charge in [0, 0.05) is 38.8 Å². The fraction of sp³-hybridized carbons (Fsp3) is 0.391. The van der Waals surface area contributed by atoms with Crippen molar-refractivity contribution in [1.29, 1.82) is 0 Å². The van der Waals surface area contributed by atoms with Gasteiger partial charge >= 0.3 is 6.18 Å². The maximum atomic E-state index is 12.6. The van der Waals surface area contributed by atoms with Crippen molar-refractivity contribution in [2.24, 2.45) is 4.99 Å². The van der Waals surface area contributed by atoms with Crippen molar-refractivity contribution in [1.82, 2.24) is 20.9 Å². The van der Waals surface area contributed by atoms with E-state index >= 15 is 0 Å². The molecule has 0 bridgehead atoms. The minimum atomic E-state index is -4.33. The third kappa shape index (κ3) is 8.58. The summed E-state index contributed by atoms with van der Waals surface area (Å²) < 4.78 is 37.9. The number of hydrogen-bond acceptors (Lipinski definition) is 3. The number of hydrogen-bond donors (Lipinski definition) is 3. The predicted octanol–water partition coefficient (Wildman–Crippen LogP) is 2.90. The number of carbonyl (C=O) groups excluding carboxylic acids is 1. The number of likely N-dealkylation sites (N-methyl/N-ethyl adjacent to an activating group) is 1. The van der Waals surface area contributed by atoms with Gasteiger partial charge in [0.15, 0.2) is 5.96 Å². The fourth-order valence-corrected chi connectivity index (χ4v) is 2.91. The Morgan fingerprint density at radius 3 is 2.31 bits per heavy atom.